The van der Waals surface area contributed by atoms with Gasteiger partial charge in [-0.25, -0.2) is 0 Å². The van der Waals surface area contributed by atoms with E-state index in [0.717, 1.165) is 32.2 Å². The molecule has 20 heavy (non-hydrogen) atoms. The van der Waals surface area contributed by atoms with E-state index in [9.17, 15) is 13.2 Å². The van der Waals surface area contributed by atoms with Crippen LogP contribution < -0.4 is 5.32 Å². The van der Waals surface area contributed by atoms with Crippen LogP contribution in [0.15, 0.2) is 24.3 Å². The number of halogens is 3. The lowest BCUT2D eigenvalue weighted by Crippen LogP contribution is -2.46. The lowest BCUT2D eigenvalue weighted by molar-refractivity contribution is -0.137. The molecule has 0 saturated carbocycles. The van der Waals surface area contributed by atoms with Crippen LogP contribution in [-0.4, -0.2) is 44.8 Å². The van der Waals surface area contributed by atoms with E-state index < -0.39 is 11.7 Å². The molecule has 1 unspecified atom stereocenters. The predicted octanol–water partition coefficient (Wildman–Crippen LogP) is 2.30. The third-order valence-electron chi connectivity index (χ3n) is 3.52. The van der Waals surface area contributed by atoms with Crippen LogP contribution >= 0.6 is 0 Å². The fourth-order valence-corrected chi connectivity index (χ4v) is 2.49. The third-order valence-corrected chi connectivity index (χ3v) is 3.52. The Morgan fingerprint density at radius 3 is 2.60 bits per heavy atom. The number of hydrogen-bond acceptors (Lipinski definition) is 3. The van der Waals surface area contributed by atoms with Gasteiger partial charge in [0.2, 0.25) is 0 Å². The first kappa shape index (κ1) is 15.3. The Bertz CT molecular complexity index is 431. The van der Waals surface area contributed by atoms with Crippen molar-refractivity contribution in [1.29, 1.82) is 0 Å². The largest absolute Gasteiger partial charge is 0.416 e. The third kappa shape index (κ3) is 3.71. The van der Waals surface area contributed by atoms with E-state index in [-0.39, 0.29) is 6.04 Å². The molecule has 0 aliphatic carbocycles. The maximum absolute atomic E-state index is 12.8. The van der Waals surface area contributed by atoms with Gasteiger partial charge in [-0.15, -0.1) is 0 Å². The zero-order valence-corrected chi connectivity index (χ0v) is 11.4. The van der Waals surface area contributed by atoms with Crippen molar-refractivity contribution < 1.29 is 17.9 Å². The van der Waals surface area contributed by atoms with Crippen molar-refractivity contribution in [1.82, 2.24) is 10.2 Å². The monoisotopic (exact) mass is 288 g/mol. The fraction of sp³-hybridized carbons (Fsp3) is 0.571. The number of hydrogen-bond donors (Lipinski definition) is 1. The molecular formula is C14H19F3N2O. The Morgan fingerprint density at radius 1 is 1.30 bits per heavy atom. The highest BCUT2D eigenvalue weighted by molar-refractivity contribution is 5.28. The molecular weight excluding hydrogens is 269 g/mol. The van der Waals surface area contributed by atoms with Gasteiger partial charge < -0.3 is 10.1 Å². The van der Waals surface area contributed by atoms with Gasteiger partial charge in [0.05, 0.1) is 18.2 Å². The van der Waals surface area contributed by atoms with Gasteiger partial charge in [-0.1, -0.05) is 12.1 Å². The molecule has 1 aromatic rings. The SMILES string of the molecule is COCC(c1cccc(C(F)(F)F)c1)N1CCNCC1. The zero-order valence-electron chi connectivity index (χ0n) is 11.4. The second-order valence-electron chi connectivity index (χ2n) is 4.88. The van der Waals surface area contributed by atoms with Gasteiger partial charge in [-0.05, 0) is 17.7 Å². The zero-order chi connectivity index (χ0) is 14.6. The normalized spacial score (nSPS) is 19.0. The molecule has 0 spiro atoms. The van der Waals surface area contributed by atoms with Crippen LogP contribution in [0.1, 0.15) is 17.2 Å². The molecule has 6 heteroatoms. The minimum absolute atomic E-state index is 0.135. The van der Waals surface area contributed by atoms with Crippen LogP contribution in [0.5, 0.6) is 0 Å². The van der Waals surface area contributed by atoms with Crippen LogP contribution in [0.3, 0.4) is 0 Å². The number of ether oxygens (including phenoxy) is 1. The number of piperazine rings is 1. The molecule has 112 valence electrons. The summed E-state index contributed by atoms with van der Waals surface area (Å²) < 4.78 is 43.6. The van der Waals surface area contributed by atoms with Crippen LogP contribution in [-0.2, 0) is 10.9 Å². The molecule has 1 aromatic carbocycles. The van der Waals surface area contributed by atoms with E-state index in [4.69, 9.17) is 4.74 Å². The standard InChI is InChI=1S/C14H19F3N2O/c1-20-10-13(19-7-5-18-6-8-19)11-3-2-4-12(9-11)14(15,16)17/h2-4,9,13,18H,5-8,10H2,1H3. The molecule has 1 heterocycles. The first-order valence-electron chi connectivity index (χ1n) is 6.63. The van der Waals surface area contributed by atoms with Gasteiger partial charge in [0.15, 0.2) is 0 Å². The number of methoxy groups -OCH3 is 1. The summed E-state index contributed by atoms with van der Waals surface area (Å²) in [5, 5.41) is 3.24. The summed E-state index contributed by atoms with van der Waals surface area (Å²) in [5.41, 5.74) is 0.0508. The Kier molecular flexibility index (Phi) is 5.01. The summed E-state index contributed by atoms with van der Waals surface area (Å²) in [6, 6.07) is 5.39. The Balaban J connectivity index is 2.24. The second kappa shape index (κ2) is 6.56. The topological polar surface area (TPSA) is 24.5 Å². The molecule has 1 atom stereocenters. The van der Waals surface area contributed by atoms with Gasteiger partial charge in [0, 0.05) is 33.3 Å². The van der Waals surface area contributed by atoms with E-state index in [1.807, 2.05) is 0 Å². The number of benzene rings is 1. The summed E-state index contributed by atoms with van der Waals surface area (Å²) in [7, 11) is 1.57. The lowest BCUT2D eigenvalue weighted by atomic mass is 10.0. The minimum atomic E-state index is -4.31. The fourth-order valence-electron chi connectivity index (χ4n) is 2.49. The lowest BCUT2D eigenvalue weighted by Gasteiger charge is -2.35. The summed E-state index contributed by atoms with van der Waals surface area (Å²) in [6.07, 6.45) is -4.31. The van der Waals surface area contributed by atoms with Gasteiger partial charge in [0.1, 0.15) is 0 Å². The summed E-state index contributed by atoms with van der Waals surface area (Å²) in [5.74, 6) is 0. The van der Waals surface area contributed by atoms with Crippen LogP contribution in [0.25, 0.3) is 0 Å². The Hall–Kier alpha value is -1.11. The highest BCUT2D eigenvalue weighted by Crippen LogP contribution is 2.32. The summed E-state index contributed by atoms with van der Waals surface area (Å²) in [4.78, 5) is 2.16. The van der Waals surface area contributed by atoms with E-state index in [2.05, 4.69) is 10.2 Å². The maximum Gasteiger partial charge on any atom is 0.416 e. The molecule has 3 nitrogen and oxygen atoms in total. The number of nitrogens with one attached hydrogen (secondary N) is 1. The van der Waals surface area contributed by atoms with Crippen molar-refractivity contribution in [3.05, 3.63) is 35.4 Å². The van der Waals surface area contributed by atoms with Gasteiger partial charge in [-0.3, -0.25) is 4.90 Å². The Labute approximate surface area is 116 Å². The number of rotatable bonds is 4. The summed E-state index contributed by atoms with van der Waals surface area (Å²) in [6.45, 7) is 3.70. The predicted molar refractivity (Wildman–Crippen MR) is 70.5 cm³/mol. The highest BCUT2D eigenvalue weighted by Gasteiger charge is 2.31. The first-order chi connectivity index (χ1) is 9.52. The van der Waals surface area contributed by atoms with Crippen molar-refractivity contribution in [3.8, 4) is 0 Å². The van der Waals surface area contributed by atoms with Crippen LogP contribution in [0.2, 0.25) is 0 Å². The second-order valence-corrected chi connectivity index (χ2v) is 4.88. The van der Waals surface area contributed by atoms with Crippen LogP contribution in [0, 0.1) is 0 Å². The van der Waals surface area contributed by atoms with Crippen molar-refractivity contribution in [2.45, 2.75) is 12.2 Å². The van der Waals surface area contributed by atoms with E-state index >= 15 is 0 Å². The van der Waals surface area contributed by atoms with Crippen molar-refractivity contribution in [2.24, 2.45) is 0 Å². The average molecular weight is 288 g/mol. The van der Waals surface area contributed by atoms with Crippen LogP contribution in [0.4, 0.5) is 13.2 Å². The van der Waals surface area contributed by atoms with E-state index in [1.165, 1.54) is 12.1 Å². The van der Waals surface area contributed by atoms with Gasteiger partial charge in [-0.2, -0.15) is 13.2 Å². The molecule has 0 bridgehead atoms. The van der Waals surface area contributed by atoms with Gasteiger partial charge in [0.25, 0.3) is 0 Å². The molecule has 1 aliphatic heterocycles. The molecule has 0 aromatic heterocycles. The smallest absolute Gasteiger partial charge is 0.383 e. The average Bonchev–Trinajstić information content (AvgIpc) is 2.45. The molecule has 0 radical (unpaired) electrons. The quantitative estimate of drug-likeness (QED) is 0.920. The summed E-state index contributed by atoms with van der Waals surface area (Å²) >= 11 is 0. The number of alkyl halides is 3. The number of nitrogens with zero attached hydrogens (tertiary/aromatic N) is 1. The highest BCUT2D eigenvalue weighted by atomic mass is 19.4. The molecule has 0 amide bonds. The van der Waals surface area contributed by atoms with Crippen molar-refractivity contribution >= 4 is 0 Å². The van der Waals surface area contributed by atoms with E-state index in [0.29, 0.717) is 12.2 Å². The molecule has 1 fully saturated rings. The van der Waals surface area contributed by atoms with Crippen molar-refractivity contribution in [2.75, 3.05) is 39.9 Å². The molecule has 1 aliphatic rings. The van der Waals surface area contributed by atoms with E-state index in [1.54, 1.807) is 13.2 Å². The molecule has 1 N–H and O–H groups in total. The van der Waals surface area contributed by atoms with Crippen molar-refractivity contribution in [3.63, 3.8) is 0 Å². The van der Waals surface area contributed by atoms with Gasteiger partial charge >= 0.3 is 6.18 Å². The Morgan fingerprint density at radius 2 is 2.00 bits per heavy atom. The molecule has 1 saturated heterocycles. The molecule has 2 rings (SSSR count). The maximum atomic E-state index is 12.8. The first-order valence-corrected chi connectivity index (χ1v) is 6.63. The minimum Gasteiger partial charge on any atom is -0.383 e.